The van der Waals surface area contributed by atoms with Crippen molar-refractivity contribution >= 4 is 11.8 Å². The van der Waals surface area contributed by atoms with Crippen molar-refractivity contribution < 1.29 is 27.8 Å². The maximum Gasteiger partial charge on any atom is 0.411 e. The van der Waals surface area contributed by atoms with Crippen molar-refractivity contribution in [1.29, 1.82) is 0 Å². The third kappa shape index (κ3) is 2.86. The summed E-state index contributed by atoms with van der Waals surface area (Å²) in [6, 6.07) is 1.52. The fourth-order valence-electron chi connectivity index (χ4n) is 0.907. The zero-order valence-corrected chi connectivity index (χ0v) is 7.97. The average molecular weight is 235 g/mol. The molecule has 0 heterocycles. The highest BCUT2D eigenvalue weighted by atomic mass is 19.2. The number of aliphatic hydroxyl groups excluding tert-OH is 1. The van der Waals surface area contributed by atoms with Crippen molar-refractivity contribution in [2.75, 3.05) is 18.5 Å². The van der Waals surface area contributed by atoms with E-state index in [1.54, 1.807) is 0 Å². The van der Waals surface area contributed by atoms with Gasteiger partial charge in [0.1, 0.15) is 6.61 Å². The Kier molecular flexibility index (Phi) is 4.12. The predicted molar refractivity (Wildman–Crippen MR) is 48.4 cm³/mol. The second-order valence-corrected chi connectivity index (χ2v) is 2.71. The van der Waals surface area contributed by atoms with Gasteiger partial charge in [-0.15, -0.1) is 0 Å². The smallest absolute Gasteiger partial charge is 0.411 e. The van der Waals surface area contributed by atoms with Crippen molar-refractivity contribution in [1.82, 2.24) is 0 Å². The maximum absolute atomic E-state index is 13.0. The van der Waals surface area contributed by atoms with Crippen molar-refractivity contribution in [2.45, 2.75) is 0 Å². The lowest BCUT2D eigenvalue weighted by molar-refractivity contribution is 0.131. The van der Waals surface area contributed by atoms with Crippen LogP contribution in [0.2, 0.25) is 0 Å². The Balaban J connectivity index is 2.74. The highest BCUT2D eigenvalue weighted by molar-refractivity contribution is 5.84. The molecule has 2 N–H and O–H groups in total. The molecule has 0 bridgehead atoms. The average Bonchev–Trinajstić information content (AvgIpc) is 2.27. The third-order valence-electron chi connectivity index (χ3n) is 1.60. The summed E-state index contributed by atoms with van der Waals surface area (Å²) in [4.78, 5) is 10.9. The highest BCUT2D eigenvalue weighted by Gasteiger charge is 2.15. The summed E-state index contributed by atoms with van der Waals surface area (Å²) >= 11 is 0. The standard InChI is InChI=1S/C9H8F3NO3/c10-5-1-2-6(8(12)7(5)11)13-9(15)16-4-3-14/h1-2,14H,3-4H2,(H,13,15). The Morgan fingerprint density at radius 3 is 2.62 bits per heavy atom. The van der Waals surface area contributed by atoms with E-state index in [0.29, 0.717) is 6.07 Å². The summed E-state index contributed by atoms with van der Waals surface area (Å²) in [6.07, 6.45) is -1.07. The van der Waals surface area contributed by atoms with Crippen molar-refractivity contribution in [2.24, 2.45) is 0 Å². The van der Waals surface area contributed by atoms with Gasteiger partial charge in [0.2, 0.25) is 0 Å². The fraction of sp³-hybridized carbons (Fsp3) is 0.222. The number of hydrogen-bond acceptors (Lipinski definition) is 3. The third-order valence-corrected chi connectivity index (χ3v) is 1.60. The molecule has 0 aromatic heterocycles. The van der Waals surface area contributed by atoms with Gasteiger partial charge in [-0.1, -0.05) is 0 Å². The Hall–Kier alpha value is -1.76. The van der Waals surface area contributed by atoms with Crippen LogP contribution in [-0.4, -0.2) is 24.4 Å². The van der Waals surface area contributed by atoms with Crippen molar-refractivity contribution in [3.05, 3.63) is 29.6 Å². The number of ether oxygens (including phenoxy) is 1. The van der Waals surface area contributed by atoms with Gasteiger partial charge in [0.05, 0.1) is 12.3 Å². The number of halogens is 3. The van der Waals surface area contributed by atoms with E-state index in [9.17, 15) is 18.0 Å². The summed E-state index contributed by atoms with van der Waals surface area (Å²) in [5.41, 5.74) is -0.540. The molecule has 1 rings (SSSR count). The molecule has 0 fully saturated rings. The number of anilines is 1. The zero-order chi connectivity index (χ0) is 12.1. The summed E-state index contributed by atoms with van der Waals surface area (Å²) in [5.74, 6) is -4.55. The number of benzene rings is 1. The first-order valence-electron chi connectivity index (χ1n) is 4.24. The maximum atomic E-state index is 13.0. The van der Waals surface area contributed by atoms with Gasteiger partial charge in [-0.2, -0.15) is 0 Å². The molecule has 0 aliphatic carbocycles. The lowest BCUT2D eigenvalue weighted by Gasteiger charge is -2.07. The van der Waals surface area contributed by atoms with Crippen LogP contribution in [0.1, 0.15) is 0 Å². The van der Waals surface area contributed by atoms with Crippen LogP contribution in [0.5, 0.6) is 0 Å². The molecule has 4 nitrogen and oxygen atoms in total. The molecule has 0 spiro atoms. The molecule has 1 amide bonds. The number of aliphatic hydroxyl groups is 1. The fourth-order valence-corrected chi connectivity index (χ4v) is 0.907. The zero-order valence-electron chi connectivity index (χ0n) is 7.97. The monoisotopic (exact) mass is 235 g/mol. The Morgan fingerprint density at radius 1 is 1.31 bits per heavy atom. The van der Waals surface area contributed by atoms with E-state index in [4.69, 9.17) is 5.11 Å². The van der Waals surface area contributed by atoms with E-state index in [0.717, 1.165) is 6.07 Å². The van der Waals surface area contributed by atoms with E-state index in [-0.39, 0.29) is 6.61 Å². The number of amides is 1. The summed E-state index contributed by atoms with van der Waals surface area (Å²) < 4.78 is 42.6. The van der Waals surface area contributed by atoms with E-state index in [1.165, 1.54) is 0 Å². The molecule has 1 aromatic rings. The Labute approximate surface area is 88.6 Å². The van der Waals surface area contributed by atoms with Crippen LogP contribution < -0.4 is 5.32 Å². The summed E-state index contributed by atoms with van der Waals surface area (Å²) in [5, 5.41) is 10.2. The number of nitrogens with one attached hydrogen (secondary N) is 1. The van der Waals surface area contributed by atoms with E-state index in [1.807, 2.05) is 5.32 Å². The van der Waals surface area contributed by atoms with Gasteiger partial charge in [0.15, 0.2) is 17.5 Å². The quantitative estimate of drug-likeness (QED) is 0.783. The summed E-state index contributed by atoms with van der Waals surface area (Å²) in [7, 11) is 0. The van der Waals surface area contributed by atoms with Crippen LogP contribution in [0.3, 0.4) is 0 Å². The van der Waals surface area contributed by atoms with Crippen LogP contribution in [0, 0.1) is 17.5 Å². The lowest BCUT2D eigenvalue weighted by atomic mass is 10.3. The Morgan fingerprint density at radius 2 is 2.00 bits per heavy atom. The van der Waals surface area contributed by atoms with Gasteiger partial charge >= 0.3 is 6.09 Å². The molecule has 0 radical (unpaired) electrons. The molecular formula is C9H8F3NO3. The molecule has 16 heavy (non-hydrogen) atoms. The van der Waals surface area contributed by atoms with E-state index >= 15 is 0 Å². The number of carbonyl (C=O) groups is 1. The minimum Gasteiger partial charge on any atom is -0.447 e. The van der Waals surface area contributed by atoms with Gasteiger partial charge in [0, 0.05) is 0 Å². The second-order valence-electron chi connectivity index (χ2n) is 2.71. The SMILES string of the molecule is O=C(Nc1ccc(F)c(F)c1F)OCCO. The van der Waals surface area contributed by atoms with Gasteiger partial charge < -0.3 is 9.84 Å². The first kappa shape index (κ1) is 12.3. The topological polar surface area (TPSA) is 58.6 Å². The molecule has 0 unspecified atom stereocenters. The van der Waals surface area contributed by atoms with Gasteiger partial charge in [0.25, 0.3) is 0 Å². The molecule has 0 saturated carbocycles. The lowest BCUT2D eigenvalue weighted by Crippen LogP contribution is -2.17. The number of carbonyl (C=O) groups excluding carboxylic acids is 1. The van der Waals surface area contributed by atoms with Gasteiger partial charge in [-0.05, 0) is 12.1 Å². The van der Waals surface area contributed by atoms with Crippen LogP contribution in [0.15, 0.2) is 12.1 Å². The Bertz CT molecular complexity index is 398. The largest absolute Gasteiger partial charge is 0.447 e. The van der Waals surface area contributed by atoms with Gasteiger partial charge in [-0.25, -0.2) is 18.0 Å². The number of rotatable bonds is 3. The molecule has 0 atom stereocenters. The van der Waals surface area contributed by atoms with E-state index < -0.39 is 35.8 Å². The van der Waals surface area contributed by atoms with Crippen LogP contribution in [-0.2, 0) is 4.74 Å². The predicted octanol–water partition coefficient (Wildman–Crippen LogP) is 1.64. The molecule has 7 heteroatoms. The molecule has 0 saturated heterocycles. The van der Waals surface area contributed by atoms with Crippen molar-refractivity contribution in [3.8, 4) is 0 Å². The number of hydrogen-bond donors (Lipinski definition) is 2. The molecule has 0 aliphatic rings. The van der Waals surface area contributed by atoms with E-state index in [2.05, 4.69) is 4.74 Å². The summed E-state index contributed by atoms with van der Waals surface area (Å²) in [6.45, 7) is -0.676. The molecule has 0 aliphatic heterocycles. The minimum absolute atomic E-state index is 0.281. The van der Waals surface area contributed by atoms with Gasteiger partial charge in [-0.3, -0.25) is 5.32 Å². The highest BCUT2D eigenvalue weighted by Crippen LogP contribution is 2.19. The van der Waals surface area contributed by atoms with Crippen LogP contribution >= 0.6 is 0 Å². The normalized spacial score (nSPS) is 10.0. The minimum atomic E-state index is -1.68. The second kappa shape index (κ2) is 5.36. The molecular weight excluding hydrogens is 227 g/mol. The molecule has 88 valence electrons. The first-order chi connectivity index (χ1) is 7.56. The molecule has 1 aromatic carbocycles. The van der Waals surface area contributed by atoms with Crippen molar-refractivity contribution in [3.63, 3.8) is 0 Å². The van der Waals surface area contributed by atoms with Crippen LogP contribution in [0.4, 0.5) is 23.7 Å². The van der Waals surface area contributed by atoms with Crippen LogP contribution in [0.25, 0.3) is 0 Å². The first-order valence-corrected chi connectivity index (χ1v) is 4.24.